The van der Waals surface area contributed by atoms with Gasteiger partial charge in [-0.25, -0.2) is 0 Å². The summed E-state index contributed by atoms with van der Waals surface area (Å²) in [5.41, 5.74) is 1.64. The Morgan fingerprint density at radius 1 is 1.14 bits per heavy atom. The number of para-hydroxylation sites is 1. The van der Waals surface area contributed by atoms with Gasteiger partial charge >= 0.3 is 5.97 Å². The minimum Gasteiger partial charge on any atom is -0.426 e. The standard InChI is InChI=1S/C24H27ClO4/c1-3-4-5-6-11-18-16-27-24(19-12-7-9-14-21(19)25)29-23(18)20-13-8-10-15-22(20)28-17(2)26/h5-10,12-15,18,23-24H,3-4,11,16H2,1-2H3/t18-,23+,24+/m1/s1. The van der Waals surface area contributed by atoms with Gasteiger partial charge in [0.15, 0.2) is 6.29 Å². The Kier molecular flexibility index (Phi) is 7.87. The van der Waals surface area contributed by atoms with Crippen LogP contribution in [0.2, 0.25) is 5.02 Å². The molecule has 1 fully saturated rings. The Labute approximate surface area is 177 Å². The third kappa shape index (κ3) is 5.69. The molecule has 0 aromatic heterocycles. The molecule has 0 spiro atoms. The van der Waals surface area contributed by atoms with Gasteiger partial charge in [0.05, 0.1) is 12.7 Å². The summed E-state index contributed by atoms with van der Waals surface area (Å²) >= 11 is 6.37. The zero-order valence-corrected chi connectivity index (χ0v) is 17.6. The molecule has 1 aliphatic rings. The number of esters is 1. The number of ether oxygens (including phenoxy) is 3. The van der Waals surface area contributed by atoms with Gasteiger partial charge in [0.1, 0.15) is 5.75 Å². The third-order valence-electron chi connectivity index (χ3n) is 4.86. The number of hydrogen-bond acceptors (Lipinski definition) is 4. The molecule has 0 aliphatic carbocycles. The number of rotatable bonds is 7. The molecule has 0 amide bonds. The van der Waals surface area contributed by atoms with Crippen molar-refractivity contribution in [1.29, 1.82) is 0 Å². The summed E-state index contributed by atoms with van der Waals surface area (Å²) in [6.45, 7) is 4.08. The van der Waals surface area contributed by atoms with Gasteiger partial charge in [-0.2, -0.15) is 0 Å². The summed E-state index contributed by atoms with van der Waals surface area (Å²) in [7, 11) is 0. The van der Waals surface area contributed by atoms with Crippen molar-refractivity contribution in [3.63, 3.8) is 0 Å². The molecular formula is C24H27ClO4. The highest BCUT2D eigenvalue weighted by molar-refractivity contribution is 6.31. The molecule has 0 unspecified atom stereocenters. The smallest absolute Gasteiger partial charge is 0.308 e. The van der Waals surface area contributed by atoms with Gasteiger partial charge in [0, 0.05) is 29.0 Å². The minimum atomic E-state index is -0.574. The zero-order chi connectivity index (χ0) is 20.6. The molecule has 154 valence electrons. The van der Waals surface area contributed by atoms with Gasteiger partial charge in [-0.05, 0) is 25.0 Å². The van der Waals surface area contributed by atoms with E-state index in [9.17, 15) is 4.79 Å². The molecule has 4 nitrogen and oxygen atoms in total. The van der Waals surface area contributed by atoms with Crippen LogP contribution in [0.5, 0.6) is 5.75 Å². The largest absolute Gasteiger partial charge is 0.426 e. The van der Waals surface area contributed by atoms with Crippen molar-refractivity contribution in [2.45, 2.75) is 45.5 Å². The van der Waals surface area contributed by atoms with Crippen molar-refractivity contribution >= 4 is 17.6 Å². The lowest BCUT2D eigenvalue weighted by atomic mass is 9.91. The molecule has 1 heterocycles. The molecule has 3 rings (SSSR count). The van der Waals surface area contributed by atoms with Gasteiger partial charge in [-0.15, -0.1) is 0 Å². The highest BCUT2D eigenvalue weighted by atomic mass is 35.5. The first-order chi connectivity index (χ1) is 14.1. The van der Waals surface area contributed by atoms with E-state index in [0.717, 1.165) is 30.4 Å². The Bertz CT molecular complexity index is 848. The lowest BCUT2D eigenvalue weighted by Crippen LogP contribution is -2.31. The quantitative estimate of drug-likeness (QED) is 0.298. The van der Waals surface area contributed by atoms with E-state index in [2.05, 4.69) is 19.1 Å². The third-order valence-corrected chi connectivity index (χ3v) is 5.20. The van der Waals surface area contributed by atoms with Crippen LogP contribution >= 0.6 is 11.6 Å². The maximum absolute atomic E-state index is 11.6. The van der Waals surface area contributed by atoms with E-state index in [-0.39, 0.29) is 18.0 Å². The fourth-order valence-corrected chi connectivity index (χ4v) is 3.67. The maximum Gasteiger partial charge on any atom is 0.308 e. The van der Waals surface area contributed by atoms with E-state index >= 15 is 0 Å². The molecule has 0 radical (unpaired) electrons. The highest BCUT2D eigenvalue weighted by Crippen LogP contribution is 2.43. The van der Waals surface area contributed by atoms with Gasteiger partial charge in [0.25, 0.3) is 0 Å². The fraction of sp³-hybridized carbons (Fsp3) is 0.375. The van der Waals surface area contributed by atoms with E-state index in [4.69, 9.17) is 25.8 Å². The van der Waals surface area contributed by atoms with E-state index in [1.54, 1.807) is 6.07 Å². The molecule has 0 saturated carbocycles. The number of hydrogen-bond donors (Lipinski definition) is 0. The number of unbranched alkanes of at least 4 members (excludes halogenated alkanes) is 1. The van der Waals surface area contributed by atoms with Gasteiger partial charge in [-0.1, -0.05) is 73.5 Å². The van der Waals surface area contributed by atoms with Crippen molar-refractivity contribution < 1.29 is 19.0 Å². The van der Waals surface area contributed by atoms with Crippen LogP contribution in [0, 0.1) is 5.92 Å². The monoisotopic (exact) mass is 414 g/mol. The molecule has 1 aliphatic heterocycles. The SMILES string of the molecule is CCCC=CC[C@@H]1CO[C@H](c2ccccc2Cl)O[C@@H]1c1ccccc1OC(C)=O. The molecule has 0 bridgehead atoms. The Morgan fingerprint density at radius 2 is 1.86 bits per heavy atom. The molecule has 0 N–H and O–H groups in total. The van der Waals surface area contributed by atoms with Crippen LogP contribution < -0.4 is 4.74 Å². The highest BCUT2D eigenvalue weighted by Gasteiger charge is 2.35. The second-order valence-corrected chi connectivity index (χ2v) is 7.54. The first kappa shape index (κ1) is 21.6. The molecule has 3 atom stereocenters. The van der Waals surface area contributed by atoms with Crippen LogP contribution in [0.25, 0.3) is 0 Å². The zero-order valence-electron chi connectivity index (χ0n) is 16.8. The van der Waals surface area contributed by atoms with Crippen LogP contribution in [0.1, 0.15) is 56.6 Å². The van der Waals surface area contributed by atoms with Crippen LogP contribution in [0.15, 0.2) is 60.7 Å². The number of carbonyl (C=O) groups excluding carboxylic acids is 1. The van der Waals surface area contributed by atoms with Gasteiger partial charge in [0.2, 0.25) is 0 Å². The average Bonchev–Trinajstić information content (AvgIpc) is 2.72. The fourth-order valence-electron chi connectivity index (χ4n) is 3.45. The predicted molar refractivity (Wildman–Crippen MR) is 114 cm³/mol. The first-order valence-electron chi connectivity index (χ1n) is 10.0. The lowest BCUT2D eigenvalue weighted by Gasteiger charge is -2.37. The molecule has 29 heavy (non-hydrogen) atoms. The maximum atomic E-state index is 11.6. The summed E-state index contributed by atoms with van der Waals surface area (Å²) < 4.78 is 17.9. The van der Waals surface area contributed by atoms with Crippen molar-refractivity contribution in [3.8, 4) is 5.75 Å². The molecule has 2 aromatic rings. The predicted octanol–water partition coefficient (Wildman–Crippen LogP) is 6.41. The molecular weight excluding hydrogens is 388 g/mol. The van der Waals surface area contributed by atoms with Gasteiger partial charge < -0.3 is 14.2 Å². The summed E-state index contributed by atoms with van der Waals surface area (Å²) in [6, 6.07) is 15.0. The van der Waals surface area contributed by atoms with Crippen LogP contribution in [-0.2, 0) is 14.3 Å². The average molecular weight is 415 g/mol. The van der Waals surface area contributed by atoms with E-state index in [0.29, 0.717) is 17.4 Å². The number of carbonyl (C=O) groups is 1. The topological polar surface area (TPSA) is 44.8 Å². The van der Waals surface area contributed by atoms with Crippen molar-refractivity contribution in [2.75, 3.05) is 6.61 Å². The van der Waals surface area contributed by atoms with Crippen LogP contribution in [0.3, 0.4) is 0 Å². The first-order valence-corrected chi connectivity index (χ1v) is 10.4. The van der Waals surface area contributed by atoms with Crippen molar-refractivity contribution in [1.82, 2.24) is 0 Å². The second kappa shape index (κ2) is 10.6. The number of benzene rings is 2. The van der Waals surface area contributed by atoms with E-state index in [1.165, 1.54) is 6.92 Å². The van der Waals surface area contributed by atoms with Crippen LogP contribution in [-0.4, -0.2) is 12.6 Å². The van der Waals surface area contributed by atoms with Crippen molar-refractivity contribution in [2.24, 2.45) is 5.92 Å². The van der Waals surface area contributed by atoms with Gasteiger partial charge in [-0.3, -0.25) is 4.79 Å². The second-order valence-electron chi connectivity index (χ2n) is 7.13. The van der Waals surface area contributed by atoms with E-state index in [1.807, 2.05) is 42.5 Å². The van der Waals surface area contributed by atoms with Crippen LogP contribution in [0.4, 0.5) is 0 Å². The summed E-state index contributed by atoms with van der Waals surface area (Å²) in [5, 5.41) is 0.603. The normalized spacial score (nSPS) is 22.0. The Morgan fingerprint density at radius 3 is 2.59 bits per heavy atom. The summed E-state index contributed by atoms with van der Waals surface area (Å²) in [4.78, 5) is 11.6. The summed E-state index contributed by atoms with van der Waals surface area (Å²) in [6.07, 6.45) is 6.48. The Balaban J connectivity index is 1.90. The summed E-state index contributed by atoms with van der Waals surface area (Å²) in [5.74, 6) is 0.262. The number of allylic oxidation sites excluding steroid dienone is 2. The molecule has 2 aromatic carbocycles. The molecule has 5 heteroatoms. The lowest BCUT2D eigenvalue weighted by molar-refractivity contribution is -0.244. The van der Waals surface area contributed by atoms with E-state index < -0.39 is 6.29 Å². The van der Waals surface area contributed by atoms with Crippen molar-refractivity contribution in [3.05, 3.63) is 76.8 Å². The minimum absolute atomic E-state index is 0.0959. The molecule has 1 saturated heterocycles. The Hall–Kier alpha value is -2.14. The number of halogens is 1.